The zero-order chi connectivity index (χ0) is 25.6. The third-order valence-corrected chi connectivity index (χ3v) is 7.06. The van der Waals surface area contributed by atoms with Crippen molar-refractivity contribution in [2.24, 2.45) is 4.99 Å². The van der Waals surface area contributed by atoms with Crippen LogP contribution in [0.25, 0.3) is 22.2 Å². The number of aliphatic carboxylic acids is 1. The molecule has 0 fully saturated rings. The van der Waals surface area contributed by atoms with Crippen LogP contribution in [0.5, 0.6) is 0 Å². The van der Waals surface area contributed by atoms with Crippen molar-refractivity contribution in [3.05, 3.63) is 101 Å². The zero-order valence-corrected chi connectivity index (χ0v) is 20.8. The normalized spacial score (nSPS) is 15.1. The number of hydrogen-bond acceptors (Lipinski definition) is 3. The number of benzene rings is 3. The highest BCUT2D eigenvalue weighted by molar-refractivity contribution is 6.02. The van der Waals surface area contributed by atoms with Crippen LogP contribution in [0.4, 0.5) is 0 Å². The van der Waals surface area contributed by atoms with Crippen LogP contribution in [0.1, 0.15) is 65.1 Å². The van der Waals surface area contributed by atoms with Gasteiger partial charge in [-0.05, 0) is 79.5 Å². The molecule has 1 N–H and O–H groups in total. The number of rotatable bonds is 8. The molecule has 4 aromatic rings. The molecule has 1 aliphatic rings. The summed E-state index contributed by atoms with van der Waals surface area (Å²) in [6.45, 7) is 0. The van der Waals surface area contributed by atoms with Gasteiger partial charge in [0, 0.05) is 35.1 Å². The molecule has 0 spiro atoms. The summed E-state index contributed by atoms with van der Waals surface area (Å²) >= 11 is 0. The quantitative estimate of drug-likeness (QED) is 0.212. The SMILES string of the molecule is O=C(O)CCCCc1cc2cc(C(=O)N=CC3CCCc4ccccc43)ccc2nc1-c1ccccc1. The van der Waals surface area contributed by atoms with Crippen LogP contribution in [0.15, 0.2) is 83.9 Å². The Morgan fingerprint density at radius 2 is 1.78 bits per heavy atom. The van der Waals surface area contributed by atoms with Gasteiger partial charge < -0.3 is 5.11 Å². The molecular formula is C32H30N2O3. The summed E-state index contributed by atoms with van der Waals surface area (Å²) in [4.78, 5) is 33.2. The lowest BCUT2D eigenvalue weighted by atomic mass is 9.83. The number of fused-ring (bicyclic) bond motifs is 2. The first-order chi connectivity index (χ1) is 18.1. The maximum atomic E-state index is 13.0. The van der Waals surface area contributed by atoms with Crippen molar-refractivity contribution in [3.63, 3.8) is 0 Å². The van der Waals surface area contributed by atoms with Crippen LogP contribution in [0, 0.1) is 0 Å². The van der Waals surface area contributed by atoms with Gasteiger partial charge in [0.05, 0.1) is 11.2 Å². The van der Waals surface area contributed by atoms with Gasteiger partial charge in [0.1, 0.15) is 0 Å². The second kappa shape index (κ2) is 11.3. The Morgan fingerprint density at radius 3 is 2.62 bits per heavy atom. The second-order valence-corrected chi connectivity index (χ2v) is 9.65. The van der Waals surface area contributed by atoms with E-state index in [1.54, 1.807) is 6.07 Å². The highest BCUT2D eigenvalue weighted by Crippen LogP contribution is 2.31. The molecule has 1 heterocycles. The van der Waals surface area contributed by atoms with E-state index >= 15 is 0 Å². The lowest BCUT2D eigenvalue weighted by Crippen LogP contribution is -2.11. The van der Waals surface area contributed by atoms with Gasteiger partial charge in [-0.1, -0.05) is 54.6 Å². The summed E-state index contributed by atoms with van der Waals surface area (Å²) in [7, 11) is 0. The van der Waals surface area contributed by atoms with E-state index in [0.717, 1.165) is 59.8 Å². The van der Waals surface area contributed by atoms with E-state index in [4.69, 9.17) is 10.1 Å². The smallest absolute Gasteiger partial charge is 0.303 e. The molecule has 0 aliphatic heterocycles. The number of carboxylic acids is 1. The van der Waals surface area contributed by atoms with Crippen LogP contribution >= 0.6 is 0 Å². The lowest BCUT2D eigenvalue weighted by Gasteiger charge is -2.22. The number of pyridine rings is 1. The Balaban J connectivity index is 1.41. The first kappa shape index (κ1) is 24.6. The van der Waals surface area contributed by atoms with Gasteiger partial charge in [0.2, 0.25) is 0 Å². The van der Waals surface area contributed by atoms with Gasteiger partial charge in [0.15, 0.2) is 0 Å². The minimum absolute atomic E-state index is 0.157. The van der Waals surface area contributed by atoms with E-state index < -0.39 is 5.97 Å². The number of carboxylic acid groups (broad SMARTS) is 1. The molecule has 3 aromatic carbocycles. The van der Waals surface area contributed by atoms with Gasteiger partial charge in [-0.3, -0.25) is 9.59 Å². The minimum atomic E-state index is -0.777. The Hall–Kier alpha value is -4.12. The van der Waals surface area contributed by atoms with Crippen LogP contribution < -0.4 is 0 Å². The summed E-state index contributed by atoms with van der Waals surface area (Å²) in [6.07, 6.45) is 7.24. The van der Waals surface area contributed by atoms with E-state index in [9.17, 15) is 9.59 Å². The number of unbranched alkanes of at least 4 members (excludes halogenated alkanes) is 1. The summed E-state index contributed by atoms with van der Waals surface area (Å²) in [5.74, 6) is -0.859. The number of aromatic nitrogens is 1. The number of nitrogens with zero attached hydrogens (tertiary/aromatic N) is 2. The summed E-state index contributed by atoms with van der Waals surface area (Å²) in [6, 6.07) is 26.1. The Labute approximate surface area is 216 Å². The topological polar surface area (TPSA) is 79.6 Å². The number of hydrogen-bond donors (Lipinski definition) is 1. The predicted molar refractivity (Wildman–Crippen MR) is 147 cm³/mol. The minimum Gasteiger partial charge on any atom is -0.481 e. The van der Waals surface area contributed by atoms with E-state index in [2.05, 4.69) is 29.3 Å². The van der Waals surface area contributed by atoms with E-state index in [0.29, 0.717) is 12.0 Å². The van der Waals surface area contributed by atoms with Crippen molar-refractivity contribution in [1.82, 2.24) is 4.98 Å². The van der Waals surface area contributed by atoms with E-state index in [1.165, 1.54) is 11.1 Å². The van der Waals surface area contributed by atoms with Gasteiger partial charge in [-0.2, -0.15) is 0 Å². The molecule has 0 radical (unpaired) electrons. The Kier molecular flexibility index (Phi) is 7.50. The van der Waals surface area contributed by atoms with Crippen LogP contribution in [0.3, 0.4) is 0 Å². The summed E-state index contributed by atoms with van der Waals surface area (Å²) in [5.41, 5.74) is 6.95. The van der Waals surface area contributed by atoms with Gasteiger partial charge in [-0.25, -0.2) is 9.98 Å². The highest BCUT2D eigenvalue weighted by Gasteiger charge is 2.18. The average Bonchev–Trinajstić information content (AvgIpc) is 2.93. The van der Waals surface area contributed by atoms with Crippen molar-refractivity contribution in [2.45, 2.75) is 50.9 Å². The van der Waals surface area contributed by atoms with Crippen molar-refractivity contribution >= 4 is 29.0 Å². The summed E-state index contributed by atoms with van der Waals surface area (Å²) < 4.78 is 0. The van der Waals surface area contributed by atoms with Crippen LogP contribution in [-0.4, -0.2) is 28.2 Å². The fourth-order valence-corrected chi connectivity index (χ4v) is 5.16. The fraction of sp³-hybridized carbons (Fsp3) is 0.250. The van der Waals surface area contributed by atoms with Crippen molar-refractivity contribution in [3.8, 4) is 11.3 Å². The first-order valence-corrected chi connectivity index (χ1v) is 13.0. The average molecular weight is 491 g/mol. The molecule has 5 heteroatoms. The van der Waals surface area contributed by atoms with Crippen molar-refractivity contribution in [1.29, 1.82) is 0 Å². The molecule has 186 valence electrons. The molecule has 1 unspecified atom stereocenters. The standard InChI is InChI=1S/C32H30N2O3/c35-30(36)16-7-5-12-24-19-27-20-25(17-18-29(27)34-31(24)23-10-2-1-3-11-23)32(37)33-21-26-14-8-13-22-9-4-6-15-28(22)26/h1-4,6,9-11,15,17-21,26H,5,7-8,12-14,16H2,(H,35,36). The largest absolute Gasteiger partial charge is 0.481 e. The molecule has 0 saturated heterocycles. The number of carbonyl (C=O) groups excluding carboxylic acids is 1. The molecule has 1 amide bonds. The second-order valence-electron chi connectivity index (χ2n) is 9.65. The Bertz CT molecular complexity index is 1460. The fourth-order valence-electron chi connectivity index (χ4n) is 5.16. The Morgan fingerprint density at radius 1 is 0.973 bits per heavy atom. The molecule has 0 bridgehead atoms. The number of aliphatic imine (C=N–C) groups is 1. The molecule has 0 saturated carbocycles. The molecule has 5 rings (SSSR count). The van der Waals surface area contributed by atoms with Gasteiger partial charge in [-0.15, -0.1) is 0 Å². The van der Waals surface area contributed by atoms with Crippen molar-refractivity contribution < 1.29 is 14.7 Å². The van der Waals surface area contributed by atoms with E-state index in [-0.39, 0.29) is 18.2 Å². The van der Waals surface area contributed by atoms with Crippen LogP contribution in [0.2, 0.25) is 0 Å². The van der Waals surface area contributed by atoms with Gasteiger partial charge in [0.25, 0.3) is 5.91 Å². The predicted octanol–water partition coefficient (Wildman–Crippen LogP) is 7.03. The monoisotopic (exact) mass is 490 g/mol. The maximum Gasteiger partial charge on any atom is 0.303 e. The molecule has 1 aliphatic carbocycles. The molecule has 1 aromatic heterocycles. The molecule has 5 nitrogen and oxygen atoms in total. The molecule has 37 heavy (non-hydrogen) atoms. The lowest BCUT2D eigenvalue weighted by molar-refractivity contribution is -0.137. The zero-order valence-electron chi connectivity index (χ0n) is 20.8. The summed E-state index contributed by atoms with van der Waals surface area (Å²) in [5, 5.41) is 9.87. The third-order valence-electron chi connectivity index (χ3n) is 7.06. The van der Waals surface area contributed by atoms with Crippen molar-refractivity contribution in [2.75, 3.05) is 0 Å². The maximum absolute atomic E-state index is 13.0. The van der Waals surface area contributed by atoms with Crippen LogP contribution in [-0.2, 0) is 17.6 Å². The number of aryl methyl sites for hydroxylation is 2. The third kappa shape index (κ3) is 5.83. The van der Waals surface area contributed by atoms with E-state index in [1.807, 2.05) is 54.7 Å². The first-order valence-electron chi connectivity index (χ1n) is 13.0. The van der Waals surface area contributed by atoms with Gasteiger partial charge >= 0.3 is 5.97 Å². The highest BCUT2D eigenvalue weighted by atomic mass is 16.4. The number of carbonyl (C=O) groups is 2. The molecular weight excluding hydrogens is 460 g/mol. The number of amides is 1. The molecule has 1 atom stereocenters.